The molecule has 0 amide bonds. The molecule has 0 radical (unpaired) electrons. The molecule has 3 aromatic carbocycles. The lowest BCUT2D eigenvalue weighted by atomic mass is 10.1. The first-order valence-corrected chi connectivity index (χ1v) is 10.5. The van der Waals surface area contributed by atoms with E-state index >= 15 is 0 Å². The number of aromatic amines is 1. The Labute approximate surface area is 178 Å². The Hall–Kier alpha value is -3.57. The maximum Gasteiger partial charge on any atom is 0.276 e. The van der Waals surface area contributed by atoms with Gasteiger partial charge in [0.1, 0.15) is 0 Å². The van der Waals surface area contributed by atoms with E-state index in [0.29, 0.717) is 17.6 Å². The van der Waals surface area contributed by atoms with Crippen molar-refractivity contribution >= 4 is 17.4 Å². The lowest BCUT2D eigenvalue weighted by Crippen LogP contribution is -2.19. The van der Waals surface area contributed by atoms with Gasteiger partial charge in [-0.15, -0.1) is 0 Å². The molecule has 5 aromatic rings. The number of fused-ring (bicyclic) bond motifs is 1. The van der Waals surface area contributed by atoms with Crippen LogP contribution < -0.4 is 5.56 Å². The van der Waals surface area contributed by atoms with Crippen LogP contribution in [-0.2, 0) is 6.42 Å². The maximum absolute atomic E-state index is 12.9. The molecule has 4 nitrogen and oxygen atoms in total. The number of hydrogen-bond acceptors (Lipinski definition) is 3. The number of nitrogens with one attached hydrogen (secondary N) is 1. The third-order valence-corrected chi connectivity index (χ3v) is 6.01. The molecule has 0 aliphatic carbocycles. The predicted octanol–water partition coefficient (Wildman–Crippen LogP) is 5.43. The summed E-state index contributed by atoms with van der Waals surface area (Å²) in [6.45, 7) is 0. The van der Waals surface area contributed by atoms with E-state index in [1.165, 1.54) is 14.3 Å². The molecule has 0 saturated carbocycles. The first kappa shape index (κ1) is 18.5. The Morgan fingerprint density at radius 1 is 0.833 bits per heavy atom. The summed E-state index contributed by atoms with van der Waals surface area (Å²) in [5.74, 6) is 0. The molecular weight excluding hydrogens is 390 g/mol. The number of hydrogen-bond donors (Lipinski definition) is 1. The fourth-order valence-corrected chi connectivity index (χ4v) is 4.31. The molecule has 30 heavy (non-hydrogen) atoms. The van der Waals surface area contributed by atoms with Gasteiger partial charge >= 0.3 is 0 Å². The van der Waals surface area contributed by atoms with E-state index in [2.05, 4.69) is 46.5 Å². The molecule has 0 spiro atoms. The van der Waals surface area contributed by atoms with Crippen LogP contribution in [0.15, 0.2) is 112 Å². The maximum atomic E-state index is 12.9. The van der Waals surface area contributed by atoms with E-state index in [1.807, 2.05) is 54.7 Å². The molecule has 0 atom stereocenters. The van der Waals surface area contributed by atoms with Crippen molar-refractivity contribution in [2.45, 2.75) is 16.2 Å². The monoisotopic (exact) mass is 409 g/mol. The van der Waals surface area contributed by atoms with Crippen molar-refractivity contribution in [1.29, 1.82) is 0 Å². The molecule has 5 heteroatoms. The Bertz CT molecular complexity index is 1340. The number of aromatic nitrogens is 3. The number of nitrogens with zero attached hydrogens (tertiary/aromatic N) is 2. The average Bonchev–Trinajstić information content (AvgIpc) is 3.23. The van der Waals surface area contributed by atoms with Crippen molar-refractivity contribution < 1.29 is 0 Å². The summed E-state index contributed by atoms with van der Waals surface area (Å²) in [5.41, 5.74) is 4.27. The van der Waals surface area contributed by atoms with Crippen molar-refractivity contribution in [1.82, 2.24) is 14.6 Å². The Morgan fingerprint density at radius 2 is 1.50 bits per heavy atom. The van der Waals surface area contributed by atoms with E-state index < -0.39 is 0 Å². The second-order valence-corrected chi connectivity index (χ2v) is 8.18. The lowest BCUT2D eigenvalue weighted by Gasteiger charge is -2.04. The third-order valence-electron chi connectivity index (χ3n) is 4.99. The van der Waals surface area contributed by atoms with Gasteiger partial charge in [0, 0.05) is 39.7 Å². The van der Waals surface area contributed by atoms with Gasteiger partial charge in [-0.25, -0.2) is 9.50 Å². The number of rotatable bonds is 5. The molecule has 0 saturated heterocycles. The highest BCUT2D eigenvalue weighted by Crippen LogP contribution is 2.30. The van der Waals surface area contributed by atoms with Crippen LogP contribution in [0.5, 0.6) is 0 Å². The Morgan fingerprint density at radius 3 is 2.23 bits per heavy atom. The zero-order chi connectivity index (χ0) is 20.3. The molecule has 0 aliphatic heterocycles. The summed E-state index contributed by atoms with van der Waals surface area (Å²) >= 11 is 1.72. The SMILES string of the molecule is O=c1c(Cc2ccccc2)cnc2c(-c3ccc(Sc4ccccc4)cc3)c[nH]n12. The molecule has 0 fully saturated rings. The van der Waals surface area contributed by atoms with Crippen LogP contribution in [0.2, 0.25) is 0 Å². The van der Waals surface area contributed by atoms with Gasteiger partial charge in [0.05, 0.1) is 0 Å². The lowest BCUT2D eigenvalue weighted by molar-refractivity contribution is 0.873. The minimum absolute atomic E-state index is 0.0636. The number of benzene rings is 3. The molecule has 2 aromatic heterocycles. The van der Waals surface area contributed by atoms with Gasteiger partial charge in [-0.05, 0) is 35.4 Å². The molecule has 0 unspecified atom stereocenters. The molecular formula is C25H19N3OS. The quantitative estimate of drug-likeness (QED) is 0.421. The van der Waals surface area contributed by atoms with Crippen LogP contribution in [-0.4, -0.2) is 14.6 Å². The minimum Gasteiger partial charge on any atom is -0.296 e. The first-order valence-electron chi connectivity index (χ1n) is 9.73. The normalized spacial score (nSPS) is 11.1. The largest absolute Gasteiger partial charge is 0.296 e. The summed E-state index contributed by atoms with van der Waals surface area (Å²) in [7, 11) is 0. The van der Waals surface area contributed by atoms with Crippen LogP contribution in [0.4, 0.5) is 0 Å². The van der Waals surface area contributed by atoms with Crippen molar-refractivity contribution in [3.8, 4) is 11.1 Å². The van der Waals surface area contributed by atoms with Crippen LogP contribution >= 0.6 is 11.8 Å². The molecule has 146 valence electrons. The van der Waals surface area contributed by atoms with Crippen molar-refractivity contribution in [2.24, 2.45) is 0 Å². The van der Waals surface area contributed by atoms with Gasteiger partial charge in [-0.1, -0.05) is 72.4 Å². The summed E-state index contributed by atoms with van der Waals surface area (Å²) in [5, 5.41) is 3.07. The Kier molecular flexibility index (Phi) is 4.95. The van der Waals surface area contributed by atoms with E-state index in [-0.39, 0.29) is 5.56 Å². The number of H-pyrrole nitrogens is 1. The average molecular weight is 410 g/mol. The molecule has 0 aliphatic rings. The molecule has 5 rings (SSSR count). The van der Waals surface area contributed by atoms with Gasteiger partial charge in [0.15, 0.2) is 5.65 Å². The van der Waals surface area contributed by atoms with Gasteiger partial charge in [-0.2, -0.15) is 0 Å². The van der Waals surface area contributed by atoms with Crippen molar-refractivity contribution in [3.05, 3.63) is 119 Å². The topological polar surface area (TPSA) is 50.2 Å². The van der Waals surface area contributed by atoms with Crippen LogP contribution in [0.1, 0.15) is 11.1 Å². The van der Waals surface area contributed by atoms with E-state index in [4.69, 9.17) is 0 Å². The fourth-order valence-electron chi connectivity index (χ4n) is 3.47. The van der Waals surface area contributed by atoms with E-state index in [9.17, 15) is 4.79 Å². The molecule has 2 heterocycles. The first-order chi connectivity index (χ1) is 14.8. The summed E-state index contributed by atoms with van der Waals surface area (Å²) in [4.78, 5) is 19.9. The van der Waals surface area contributed by atoms with E-state index in [1.54, 1.807) is 18.0 Å². The highest BCUT2D eigenvalue weighted by molar-refractivity contribution is 7.99. The molecule has 0 bridgehead atoms. The van der Waals surface area contributed by atoms with Crippen molar-refractivity contribution in [2.75, 3.05) is 0 Å². The van der Waals surface area contributed by atoms with Gasteiger partial charge < -0.3 is 0 Å². The minimum atomic E-state index is -0.0636. The van der Waals surface area contributed by atoms with Crippen molar-refractivity contribution in [3.63, 3.8) is 0 Å². The van der Waals surface area contributed by atoms with Crippen LogP contribution in [0.25, 0.3) is 16.8 Å². The van der Waals surface area contributed by atoms with Crippen LogP contribution in [0.3, 0.4) is 0 Å². The second kappa shape index (κ2) is 8.05. The summed E-state index contributed by atoms with van der Waals surface area (Å²) in [6.07, 6.45) is 4.10. The van der Waals surface area contributed by atoms with Crippen LogP contribution in [0, 0.1) is 0 Å². The standard InChI is InChI=1S/C25H19N3OS/c29-25-20(15-18-7-3-1-4-8-18)16-26-24-23(17-27-28(24)25)19-11-13-22(14-12-19)30-21-9-5-2-6-10-21/h1-14,16-17,27H,15H2. The molecule has 1 N–H and O–H groups in total. The fraction of sp³-hybridized carbons (Fsp3) is 0.0400. The smallest absolute Gasteiger partial charge is 0.276 e. The zero-order valence-electron chi connectivity index (χ0n) is 16.2. The Balaban J connectivity index is 1.44. The highest BCUT2D eigenvalue weighted by Gasteiger charge is 2.12. The highest BCUT2D eigenvalue weighted by atomic mass is 32.2. The summed E-state index contributed by atoms with van der Waals surface area (Å²) in [6, 6.07) is 28.6. The third kappa shape index (κ3) is 3.67. The van der Waals surface area contributed by atoms with Gasteiger partial charge in [-0.3, -0.25) is 9.89 Å². The second-order valence-electron chi connectivity index (χ2n) is 7.04. The zero-order valence-corrected chi connectivity index (χ0v) is 17.0. The van der Waals surface area contributed by atoms with Gasteiger partial charge in [0.25, 0.3) is 5.56 Å². The van der Waals surface area contributed by atoms with Gasteiger partial charge in [0.2, 0.25) is 0 Å². The summed E-state index contributed by atoms with van der Waals surface area (Å²) < 4.78 is 1.53. The predicted molar refractivity (Wildman–Crippen MR) is 121 cm³/mol. The van der Waals surface area contributed by atoms with E-state index in [0.717, 1.165) is 16.7 Å².